The fourth-order valence-corrected chi connectivity index (χ4v) is 2.90. The summed E-state index contributed by atoms with van der Waals surface area (Å²) in [6.45, 7) is 4.23. The van der Waals surface area contributed by atoms with E-state index < -0.39 is 0 Å². The Hall–Kier alpha value is -0.950. The third-order valence-electron chi connectivity index (χ3n) is 3.14. The van der Waals surface area contributed by atoms with Crippen LogP contribution >= 0.6 is 11.3 Å². The zero-order valence-corrected chi connectivity index (χ0v) is 11.2. The number of aliphatic hydroxyl groups excluding tert-OH is 1. The third kappa shape index (κ3) is 3.08. The molecule has 0 radical (unpaired) electrons. The van der Waals surface area contributed by atoms with Crippen molar-refractivity contribution in [1.82, 2.24) is 4.90 Å². The average molecular weight is 270 g/mol. The fraction of sp³-hybridized carbons (Fsp3) is 0.583. The van der Waals surface area contributed by atoms with E-state index in [0.29, 0.717) is 24.8 Å². The molecule has 1 aromatic heterocycles. The van der Waals surface area contributed by atoms with Gasteiger partial charge in [0.1, 0.15) is 0 Å². The second-order valence-corrected chi connectivity index (χ2v) is 5.58. The average Bonchev–Trinajstić information content (AvgIpc) is 2.81. The van der Waals surface area contributed by atoms with Crippen LogP contribution in [0.5, 0.6) is 0 Å². The van der Waals surface area contributed by atoms with Gasteiger partial charge in [-0.2, -0.15) is 0 Å². The van der Waals surface area contributed by atoms with Crippen LogP contribution < -0.4 is 5.73 Å². The van der Waals surface area contributed by atoms with Gasteiger partial charge < -0.3 is 15.6 Å². The lowest BCUT2D eigenvalue weighted by atomic mass is 10.2. The predicted molar refractivity (Wildman–Crippen MR) is 69.5 cm³/mol. The molecule has 18 heavy (non-hydrogen) atoms. The van der Waals surface area contributed by atoms with Gasteiger partial charge in [0.25, 0.3) is 0 Å². The molecule has 0 spiro atoms. The maximum atomic E-state index is 11.0. The Kier molecular flexibility index (Phi) is 4.34. The number of hydrogen-bond donors (Lipinski definition) is 2. The van der Waals surface area contributed by atoms with Crippen LogP contribution in [-0.4, -0.2) is 47.8 Å². The Labute approximate surface area is 110 Å². The minimum absolute atomic E-state index is 0.0419. The molecule has 6 heteroatoms. The lowest BCUT2D eigenvalue weighted by Gasteiger charge is -2.37. The number of carbonyl (C=O) groups excluding carboxylic acids is 1. The number of rotatable bonds is 4. The van der Waals surface area contributed by atoms with Crippen molar-refractivity contribution >= 4 is 17.2 Å². The summed E-state index contributed by atoms with van der Waals surface area (Å²) in [6, 6.07) is 2.15. The van der Waals surface area contributed by atoms with Gasteiger partial charge in [0.2, 0.25) is 5.91 Å². The summed E-state index contributed by atoms with van der Waals surface area (Å²) >= 11 is 1.54. The van der Waals surface area contributed by atoms with E-state index in [-0.39, 0.29) is 18.6 Å². The molecule has 0 bridgehead atoms. The van der Waals surface area contributed by atoms with E-state index in [0.717, 1.165) is 11.4 Å². The third-order valence-corrected chi connectivity index (χ3v) is 4.06. The van der Waals surface area contributed by atoms with Gasteiger partial charge in [-0.3, -0.25) is 9.69 Å². The van der Waals surface area contributed by atoms with Crippen LogP contribution in [0.15, 0.2) is 11.4 Å². The summed E-state index contributed by atoms with van der Waals surface area (Å²) in [5, 5.41) is 10.9. The molecule has 1 amide bonds. The molecule has 2 atom stereocenters. The van der Waals surface area contributed by atoms with Crippen molar-refractivity contribution in [3.8, 4) is 0 Å². The molecule has 1 aromatic rings. The maximum absolute atomic E-state index is 11.0. The van der Waals surface area contributed by atoms with Gasteiger partial charge in [-0.05, 0) is 13.0 Å². The van der Waals surface area contributed by atoms with Gasteiger partial charge in [0.15, 0.2) is 0 Å². The van der Waals surface area contributed by atoms with E-state index in [2.05, 4.69) is 11.8 Å². The highest BCUT2D eigenvalue weighted by Gasteiger charge is 2.25. The summed E-state index contributed by atoms with van der Waals surface area (Å²) < 4.78 is 5.49. The minimum atomic E-state index is -0.388. The number of nitrogens with two attached hydrogens (primary N) is 1. The number of morpholine rings is 1. The molecular formula is C12H18N2O3S. The molecule has 2 unspecified atom stereocenters. The molecule has 1 fully saturated rings. The first kappa shape index (κ1) is 13.5. The smallest absolute Gasteiger partial charge is 0.249 e. The van der Waals surface area contributed by atoms with Gasteiger partial charge in [0.05, 0.1) is 24.9 Å². The van der Waals surface area contributed by atoms with E-state index >= 15 is 0 Å². The quantitative estimate of drug-likeness (QED) is 0.832. The lowest BCUT2D eigenvalue weighted by molar-refractivity contribution is -0.0802. The molecule has 100 valence electrons. The molecule has 0 saturated carbocycles. The predicted octanol–water partition coefficient (Wildman–Crippen LogP) is 0.429. The summed E-state index contributed by atoms with van der Waals surface area (Å²) in [4.78, 5) is 14.4. The van der Waals surface area contributed by atoms with Crippen molar-refractivity contribution < 1.29 is 14.6 Å². The maximum Gasteiger partial charge on any atom is 0.249 e. The second kappa shape index (κ2) is 5.79. The first-order valence-corrected chi connectivity index (χ1v) is 6.82. The van der Waals surface area contributed by atoms with Crippen molar-refractivity contribution in [1.29, 1.82) is 0 Å². The van der Waals surface area contributed by atoms with Crippen molar-refractivity contribution in [2.75, 3.05) is 19.8 Å². The van der Waals surface area contributed by atoms with E-state index in [9.17, 15) is 4.79 Å². The molecule has 3 N–H and O–H groups in total. The normalized spacial score (nSPS) is 25.2. The van der Waals surface area contributed by atoms with Crippen LogP contribution in [0.1, 0.15) is 22.2 Å². The van der Waals surface area contributed by atoms with Crippen molar-refractivity contribution in [3.05, 3.63) is 21.9 Å². The fourth-order valence-electron chi connectivity index (χ4n) is 2.00. The number of thiophene rings is 1. The summed E-state index contributed by atoms with van der Waals surface area (Å²) in [6.07, 6.45) is -0.114. The number of amides is 1. The van der Waals surface area contributed by atoms with Gasteiger partial charge >= 0.3 is 0 Å². The lowest BCUT2D eigenvalue weighted by Crippen LogP contribution is -2.48. The highest BCUT2D eigenvalue weighted by molar-refractivity contribution is 7.10. The van der Waals surface area contributed by atoms with Crippen LogP contribution in [0.4, 0.5) is 0 Å². The van der Waals surface area contributed by atoms with Crippen molar-refractivity contribution in [2.45, 2.75) is 25.6 Å². The SMILES string of the molecule is CC1COC(CO)CN1Cc1cc(C(N)=O)cs1. The van der Waals surface area contributed by atoms with Gasteiger partial charge in [0, 0.05) is 29.4 Å². The zero-order chi connectivity index (χ0) is 13.1. The first-order chi connectivity index (χ1) is 8.60. The van der Waals surface area contributed by atoms with Gasteiger partial charge in [-0.15, -0.1) is 11.3 Å². The van der Waals surface area contributed by atoms with E-state index in [1.807, 2.05) is 6.07 Å². The largest absolute Gasteiger partial charge is 0.394 e. The monoisotopic (exact) mass is 270 g/mol. The van der Waals surface area contributed by atoms with Crippen molar-refractivity contribution in [2.24, 2.45) is 5.73 Å². The molecule has 1 aliphatic rings. The molecule has 2 rings (SSSR count). The molecule has 0 aliphatic carbocycles. The Morgan fingerprint density at radius 3 is 3.11 bits per heavy atom. The van der Waals surface area contributed by atoms with Gasteiger partial charge in [-0.1, -0.05) is 0 Å². The van der Waals surface area contributed by atoms with Crippen LogP contribution in [0.2, 0.25) is 0 Å². The number of carbonyl (C=O) groups is 1. The van der Waals surface area contributed by atoms with E-state index in [1.54, 1.807) is 5.38 Å². The second-order valence-electron chi connectivity index (χ2n) is 4.58. The van der Waals surface area contributed by atoms with Crippen molar-refractivity contribution in [3.63, 3.8) is 0 Å². The zero-order valence-electron chi connectivity index (χ0n) is 10.3. The topological polar surface area (TPSA) is 75.8 Å². The number of ether oxygens (including phenoxy) is 1. The standard InChI is InChI=1S/C12H18N2O3S/c1-8-6-17-10(5-15)3-14(8)4-11-2-9(7-18-11)12(13)16/h2,7-8,10,15H,3-6H2,1H3,(H2,13,16). The highest BCUT2D eigenvalue weighted by atomic mass is 32.1. The van der Waals surface area contributed by atoms with Crippen LogP contribution in [-0.2, 0) is 11.3 Å². The Morgan fingerprint density at radius 1 is 1.72 bits per heavy atom. The molecule has 2 heterocycles. The number of hydrogen-bond acceptors (Lipinski definition) is 5. The highest BCUT2D eigenvalue weighted by Crippen LogP contribution is 2.20. The number of nitrogens with zero attached hydrogens (tertiary/aromatic N) is 1. The summed E-state index contributed by atoms with van der Waals surface area (Å²) in [5.74, 6) is -0.388. The Bertz CT molecular complexity index is 421. The Balaban J connectivity index is 2.00. The number of primary amides is 1. The molecule has 1 aliphatic heterocycles. The van der Waals surface area contributed by atoms with E-state index in [4.69, 9.17) is 15.6 Å². The summed E-state index contributed by atoms with van der Waals surface area (Å²) in [5.41, 5.74) is 5.80. The van der Waals surface area contributed by atoms with E-state index in [1.165, 1.54) is 11.3 Å². The first-order valence-electron chi connectivity index (χ1n) is 5.94. The number of aliphatic hydroxyl groups is 1. The molecule has 0 aromatic carbocycles. The molecular weight excluding hydrogens is 252 g/mol. The van der Waals surface area contributed by atoms with Crippen LogP contribution in [0, 0.1) is 0 Å². The minimum Gasteiger partial charge on any atom is -0.394 e. The van der Waals surface area contributed by atoms with Gasteiger partial charge in [-0.25, -0.2) is 0 Å². The molecule has 5 nitrogen and oxygen atoms in total. The Morgan fingerprint density at radius 2 is 2.50 bits per heavy atom. The van der Waals surface area contributed by atoms with Crippen LogP contribution in [0.25, 0.3) is 0 Å². The molecule has 1 saturated heterocycles. The summed E-state index contributed by atoms with van der Waals surface area (Å²) in [7, 11) is 0. The van der Waals surface area contributed by atoms with Crippen LogP contribution in [0.3, 0.4) is 0 Å².